The second-order valence-corrected chi connectivity index (χ2v) is 4.71. The smallest absolute Gasteiger partial charge is 0.138 e. The van der Waals surface area contributed by atoms with Gasteiger partial charge in [-0.2, -0.15) is 0 Å². The number of hydrogen-bond donors (Lipinski definition) is 1. The van der Waals surface area contributed by atoms with E-state index in [1.807, 2.05) is 6.92 Å². The van der Waals surface area contributed by atoms with Crippen LogP contribution in [-0.4, -0.2) is 15.0 Å². The number of ether oxygens (including phenoxy) is 1. The fourth-order valence-corrected chi connectivity index (χ4v) is 2.14. The van der Waals surface area contributed by atoms with Crippen LogP contribution < -0.4 is 10.5 Å². The van der Waals surface area contributed by atoms with Crippen molar-refractivity contribution < 1.29 is 4.74 Å². The van der Waals surface area contributed by atoms with Crippen molar-refractivity contribution >= 4 is 23.2 Å². The van der Waals surface area contributed by atoms with E-state index in [4.69, 9.17) is 33.7 Å². The van der Waals surface area contributed by atoms with E-state index < -0.39 is 0 Å². The van der Waals surface area contributed by atoms with Crippen LogP contribution in [0.4, 0.5) is 0 Å². The summed E-state index contributed by atoms with van der Waals surface area (Å²) in [6, 6.07) is 5.09. The number of nitrogens with two attached hydrogens (primary N) is 1. The molecule has 0 aliphatic heterocycles. The second-order valence-electron chi connectivity index (χ2n) is 3.87. The van der Waals surface area contributed by atoms with E-state index in [9.17, 15) is 0 Å². The topological polar surface area (TPSA) is 66.0 Å². The van der Waals surface area contributed by atoms with Gasteiger partial charge in [-0.05, 0) is 25.1 Å². The second kappa shape index (κ2) is 6.23. The molecular weight excluding hydrogens is 287 g/mol. The Hall–Kier alpha value is -1.30. The molecule has 7 heteroatoms. The first-order chi connectivity index (χ1) is 9.15. The highest BCUT2D eigenvalue weighted by Gasteiger charge is 2.12. The maximum absolute atomic E-state index is 6.04. The van der Waals surface area contributed by atoms with E-state index in [0.717, 1.165) is 11.4 Å². The lowest BCUT2D eigenvalue weighted by Gasteiger charge is -2.10. The number of benzene rings is 1. The number of halogens is 2. The molecule has 0 bridgehead atoms. The van der Waals surface area contributed by atoms with Crippen LogP contribution in [0.25, 0.3) is 0 Å². The molecule has 0 unspecified atom stereocenters. The molecule has 19 heavy (non-hydrogen) atoms. The molecule has 5 nitrogen and oxygen atoms in total. The standard InChI is InChI=1S/C12H14Cl2N4O/c1-2-18-11(10(6-15)16-17-18)7-19-12-4-3-8(13)5-9(12)14/h3-5H,2,6-7,15H2,1H3. The van der Waals surface area contributed by atoms with Gasteiger partial charge in [0.15, 0.2) is 0 Å². The number of aromatic nitrogens is 3. The van der Waals surface area contributed by atoms with E-state index in [1.54, 1.807) is 22.9 Å². The third-order valence-corrected chi connectivity index (χ3v) is 3.20. The lowest BCUT2D eigenvalue weighted by molar-refractivity contribution is 0.291. The van der Waals surface area contributed by atoms with E-state index in [0.29, 0.717) is 35.5 Å². The highest BCUT2D eigenvalue weighted by molar-refractivity contribution is 6.35. The van der Waals surface area contributed by atoms with Gasteiger partial charge in [0.25, 0.3) is 0 Å². The summed E-state index contributed by atoms with van der Waals surface area (Å²) in [5, 5.41) is 9.05. The zero-order valence-electron chi connectivity index (χ0n) is 10.4. The Bertz CT molecular complexity index is 549. The van der Waals surface area contributed by atoms with Gasteiger partial charge in [-0.3, -0.25) is 0 Å². The molecule has 2 aromatic rings. The van der Waals surface area contributed by atoms with Crippen LogP contribution in [0.15, 0.2) is 18.2 Å². The Balaban J connectivity index is 2.16. The van der Waals surface area contributed by atoms with Crippen LogP contribution in [0.5, 0.6) is 5.75 Å². The number of nitrogens with zero attached hydrogens (tertiary/aromatic N) is 3. The number of rotatable bonds is 5. The SMILES string of the molecule is CCn1nnc(CN)c1COc1ccc(Cl)cc1Cl. The van der Waals surface area contributed by atoms with Gasteiger partial charge in [-0.15, -0.1) is 5.10 Å². The fraction of sp³-hybridized carbons (Fsp3) is 0.333. The molecule has 102 valence electrons. The summed E-state index contributed by atoms with van der Waals surface area (Å²) in [6.07, 6.45) is 0. The van der Waals surface area contributed by atoms with E-state index in [2.05, 4.69) is 10.3 Å². The molecular formula is C12H14Cl2N4O. The van der Waals surface area contributed by atoms with Crippen LogP contribution in [0.2, 0.25) is 10.0 Å². The molecule has 0 saturated heterocycles. The fourth-order valence-electron chi connectivity index (χ4n) is 1.68. The minimum absolute atomic E-state index is 0.314. The Morgan fingerprint density at radius 1 is 1.37 bits per heavy atom. The van der Waals surface area contributed by atoms with Crippen LogP contribution in [0.3, 0.4) is 0 Å². The van der Waals surface area contributed by atoms with Crippen molar-refractivity contribution in [1.82, 2.24) is 15.0 Å². The predicted molar refractivity (Wildman–Crippen MR) is 74.4 cm³/mol. The van der Waals surface area contributed by atoms with Crippen molar-refractivity contribution in [3.63, 3.8) is 0 Å². The summed E-state index contributed by atoms with van der Waals surface area (Å²) >= 11 is 11.9. The third-order valence-electron chi connectivity index (χ3n) is 2.67. The molecule has 2 rings (SSSR count). The normalized spacial score (nSPS) is 10.7. The van der Waals surface area contributed by atoms with Gasteiger partial charge < -0.3 is 10.5 Å². The van der Waals surface area contributed by atoms with Gasteiger partial charge in [-0.25, -0.2) is 4.68 Å². The lowest BCUT2D eigenvalue weighted by atomic mass is 10.3. The summed E-state index contributed by atoms with van der Waals surface area (Å²) < 4.78 is 7.43. The predicted octanol–water partition coefficient (Wildman–Crippen LogP) is 2.64. The van der Waals surface area contributed by atoms with Crippen LogP contribution in [-0.2, 0) is 19.7 Å². The van der Waals surface area contributed by atoms with Crippen LogP contribution >= 0.6 is 23.2 Å². The molecule has 0 radical (unpaired) electrons. The summed E-state index contributed by atoms with van der Waals surface area (Å²) in [5.41, 5.74) is 7.21. The molecule has 0 amide bonds. The van der Waals surface area contributed by atoms with Gasteiger partial charge >= 0.3 is 0 Å². The monoisotopic (exact) mass is 300 g/mol. The molecule has 0 fully saturated rings. The zero-order chi connectivity index (χ0) is 13.8. The quantitative estimate of drug-likeness (QED) is 0.922. The Morgan fingerprint density at radius 3 is 2.79 bits per heavy atom. The highest BCUT2D eigenvalue weighted by Crippen LogP contribution is 2.28. The van der Waals surface area contributed by atoms with E-state index >= 15 is 0 Å². The number of hydrogen-bond acceptors (Lipinski definition) is 4. The minimum atomic E-state index is 0.314. The third kappa shape index (κ3) is 3.18. The molecule has 0 atom stereocenters. The summed E-state index contributed by atoms with van der Waals surface area (Å²) in [4.78, 5) is 0. The molecule has 0 aliphatic carbocycles. The maximum atomic E-state index is 6.04. The zero-order valence-corrected chi connectivity index (χ0v) is 11.9. The largest absolute Gasteiger partial charge is 0.486 e. The maximum Gasteiger partial charge on any atom is 0.138 e. The van der Waals surface area contributed by atoms with E-state index in [-0.39, 0.29) is 0 Å². The van der Waals surface area contributed by atoms with Crippen molar-refractivity contribution in [2.45, 2.75) is 26.6 Å². The van der Waals surface area contributed by atoms with Gasteiger partial charge in [0.1, 0.15) is 23.7 Å². The first-order valence-electron chi connectivity index (χ1n) is 5.84. The summed E-state index contributed by atoms with van der Waals surface area (Å²) in [7, 11) is 0. The molecule has 0 aliphatic rings. The Labute approximate surface area is 121 Å². The van der Waals surface area contributed by atoms with Crippen LogP contribution in [0, 0.1) is 0 Å². The van der Waals surface area contributed by atoms with Gasteiger partial charge in [0.2, 0.25) is 0 Å². The molecule has 1 aromatic carbocycles. The first-order valence-corrected chi connectivity index (χ1v) is 6.60. The molecule has 0 saturated carbocycles. The lowest BCUT2D eigenvalue weighted by Crippen LogP contribution is -2.10. The molecule has 1 aromatic heterocycles. The average molecular weight is 301 g/mol. The Kier molecular flexibility index (Phi) is 4.63. The molecule has 0 spiro atoms. The van der Waals surface area contributed by atoms with Crippen molar-refractivity contribution in [1.29, 1.82) is 0 Å². The number of aryl methyl sites for hydroxylation is 1. The molecule has 1 heterocycles. The van der Waals surface area contributed by atoms with Gasteiger partial charge in [0, 0.05) is 18.1 Å². The van der Waals surface area contributed by atoms with Crippen molar-refractivity contribution in [2.24, 2.45) is 5.73 Å². The van der Waals surface area contributed by atoms with Crippen molar-refractivity contribution in [2.75, 3.05) is 0 Å². The Morgan fingerprint density at radius 2 is 2.16 bits per heavy atom. The van der Waals surface area contributed by atoms with Crippen molar-refractivity contribution in [3.05, 3.63) is 39.6 Å². The first kappa shape index (κ1) is 14.1. The average Bonchev–Trinajstić information content (AvgIpc) is 2.79. The molecule has 2 N–H and O–H groups in total. The van der Waals surface area contributed by atoms with Gasteiger partial charge in [-0.1, -0.05) is 28.4 Å². The van der Waals surface area contributed by atoms with E-state index in [1.165, 1.54) is 0 Å². The summed E-state index contributed by atoms with van der Waals surface area (Å²) in [6.45, 7) is 3.33. The summed E-state index contributed by atoms with van der Waals surface area (Å²) in [5.74, 6) is 0.567. The minimum Gasteiger partial charge on any atom is -0.486 e. The van der Waals surface area contributed by atoms with Gasteiger partial charge in [0.05, 0.1) is 5.02 Å². The highest BCUT2D eigenvalue weighted by atomic mass is 35.5. The van der Waals surface area contributed by atoms with Crippen LogP contribution in [0.1, 0.15) is 18.3 Å². The van der Waals surface area contributed by atoms with Crippen molar-refractivity contribution in [3.8, 4) is 5.75 Å².